The largest absolute Gasteiger partial charge is 0.289 e. The Morgan fingerprint density at radius 3 is 2.48 bits per heavy atom. The average Bonchev–Trinajstić information content (AvgIpc) is 3.09. The Labute approximate surface area is 135 Å². The van der Waals surface area contributed by atoms with Gasteiger partial charge >= 0.3 is 0 Å². The molecule has 0 spiro atoms. The number of nitrogens with two attached hydrogens (primary N) is 1. The van der Waals surface area contributed by atoms with Crippen molar-refractivity contribution in [3.8, 4) is 0 Å². The highest BCUT2D eigenvalue weighted by Gasteiger charge is 2.30. The van der Waals surface area contributed by atoms with Crippen LogP contribution >= 0.6 is 0 Å². The minimum Gasteiger partial charge on any atom is -0.289 e. The molecular formula is C18H20N2O3. The Bertz CT molecular complexity index is 687. The molecule has 2 aliphatic rings. The lowest BCUT2D eigenvalue weighted by molar-refractivity contribution is -0.129. The fourth-order valence-corrected chi connectivity index (χ4v) is 3.36. The average molecular weight is 312 g/mol. The normalized spacial score (nSPS) is 17.9. The molecule has 0 aromatic heterocycles. The monoisotopic (exact) mass is 312 g/mol. The van der Waals surface area contributed by atoms with Gasteiger partial charge in [0.2, 0.25) is 11.7 Å². The van der Waals surface area contributed by atoms with E-state index in [1.54, 1.807) is 24.3 Å². The third kappa shape index (κ3) is 3.10. The van der Waals surface area contributed by atoms with Gasteiger partial charge < -0.3 is 0 Å². The quantitative estimate of drug-likeness (QED) is 0.526. The molecule has 5 heteroatoms. The lowest BCUT2D eigenvalue weighted by atomic mass is 9.92. The first-order valence-electron chi connectivity index (χ1n) is 8.05. The summed E-state index contributed by atoms with van der Waals surface area (Å²) in [5, 5.41) is 0.852. The minimum atomic E-state index is -0.378. The van der Waals surface area contributed by atoms with Gasteiger partial charge in [0, 0.05) is 23.6 Å². The molecule has 120 valence electrons. The van der Waals surface area contributed by atoms with E-state index >= 15 is 0 Å². The van der Waals surface area contributed by atoms with E-state index in [9.17, 15) is 14.4 Å². The first-order valence-corrected chi connectivity index (χ1v) is 8.05. The molecule has 1 aromatic carbocycles. The van der Waals surface area contributed by atoms with Gasteiger partial charge in [0.25, 0.3) is 0 Å². The molecule has 5 nitrogen and oxygen atoms in total. The van der Waals surface area contributed by atoms with E-state index in [1.165, 1.54) is 12.8 Å². The number of allylic oxidation sites excluding steroid dienone is 2. The van der Waals surface area contributed by atoms with Gasteiger partial charge in [-0.25, -0.2) is 10.9 Å². The maximum absolute atomic E-state index is 12.5. The Morgan fingerprint density at radius 2 is 1.78 bits per heavy atom. The number of carbonyl (C=O) groups excluding carboxylic acids is 3. The molecule has 2 N–H and O–H groups in total. The topological polar surface area (TPSA) is 80.5 Å². The Kier molecular flexibility index (Phi) is 4.39. The van der Waals surface area contributed by atoms with Crippen LogP contribution in [0.3, 0.4) is 0 Å². The van der Waals surface area contributed by atoms with Crippen LogP contribution in [0, 0.1) is 5.92 Å². The molecule has 0 saturated heterocycles. The number of carbonyl (C=O) groups is 3. The van der Waals surface area contributed by atoms with Gasteiger partial charge in [-0.05, 0) is 12.3 Å². The van der Waals surface area contributed by atoms with Crippen LogP contribution < -0.4 is 5.84 Å². The third-order valence-electron chi connectivity index (χ3n) is 4.71. The van der Waals surface area contributed by atoms with Crippen molar-refractivity contribution in [1.82, 2.24) is 5.01 Å². The number of amides is 1. The highest BCUT2D eigenvalue weighted by molar-refractivity contribution is 6.24. The van der Waals surface area contributed by atoms with Crippen LogP contribution in [-0.4, -0.2) is 22.5 Å². The number of benzene rings is 1. The second-order valence-corrected chi connectivity index (χ2v) is 6.22. The van der Waals surface area contributed by atoms with Crippen LogP contribution in [0.4, 0.5) is 0 Å². The molecule has 0 radical (unpaired) electrons. The highest BCUT2D eigenvalue weighted by Crippen LogP contribution is 2.29. The fourth-order valence-electron chi connectivity index (χ4n) is 3.36. The summed E-state index contributed by atoms with van der Waals surface area (Å²) in [5.41, 5.74) is 0.618. The number of hydrogen-bond acceptors (Lipinski definition) is 4. The Morgan fingerprint density at radius 1 is 1.13 bits per heavy atom. The molecule has 0 bridgehead atoms. The number of rotatable bonds is 4. The van der Waals surface area contributed by atoms with Crippen molar-refractivity contribution in [3.63, 3.8) is 0 Å². The van der Waals surface area contributed by atoms with Crippen molar-refractivity contribution in [2.24, 2.45) is 11.8 Å². The van der Waals surface area contributed by atoms with Crippen molar-refractivity contribution in [1.29, 1.82) is 0 Å². The Hall–Kier alpha value is -2.27. The van der Waals surface area contributed by atoms with E-state index in [1.807, 2.05) is 0 Å². The van der Waals surface area contributed by atoms with E-state index in [0.717, 1.165) is 30.3 Å². The summed E-state index contributed by atoms with van der Waals surface area (Å²) in [4.78, 5) is 36.8. The Balaban J connectivity index is 1.72. The fraction of sp³-hybridized carbons (Fsp3) is 0.389. The van der Waals surface area contributed by atoms with Gasteiger partial charge in [0.15, 0.2) is 5.78 Å². The highest BCUT2D eigenvalue weighted by atomic mass is 16.2. The molecule has 1 amide bonds. The third-order valence-corrected chi connectivity index (χ3v) is 4.71. The number of hydrogen-bond donors (Lipinski definition) is 1. The SMILES string of the molecule is NN(C(=O)CCC1CCCC1)C1=CC(=O)c2ccccc2C1=O. The summed E-state index contributed by atoms with van der Waals surface area (Å²) in [5.74, 6) is 5.41. The molecule has 0 unspecified atom stereocenters. The van der Waals surface area contributed by atoms with Crippen LogP contribution in [0.5, 0.6) is 0 Å². The maximum atomic E-state index is 12.5. The number of ketones is 2. The molecule has 1 fully saturated rings. The van der Waals surface area contributed by atoms with Gasteiger partial charge in [-0.15, -0.1) is 0 Å². The zero-order chi connectivity index (χ0) is 16.4. The van der Waals surface area contributed by atoms with E-state index in [0.29, 0.717) is 23.5 Å². The zero-order valence-electron chi connectivity index (χ0n) is 13.0. The second kappa shape index (κ2) is 6.46. The first kappa shape index (κ1) is 15.6. The van der Waals surface area contributed by atoms with Crippen molar-refractivity contribution in [3.05, 3.63) is 47.2 Å². The van der Waals surface area contributed by atoms with E-state index in [2.05, 4.69) is 0 Å². The molecule has 0 atom stereocenters. The summed E-state index contributed by atoms with van der Waals surface area (Å²) in [6.07, 6.45) is 7.02. The lowest BCUT2D eigenvalue weighted by Gasteiger charge is -2.23. The molecule has 1 saturated carbocycles. The van der Waals surface area contributed by atoms with Crippen LogP contribution in [0.1, 0.15) is 59.2 Å². The first-order chi connectivity index (χ1) is 11.1. The van der Waals surface area contributed by atoms with Crippen molar-refractivity contribution >= 4 is 17.5 Å². The number of hydrazine groups is 1. The second-order valence-electron chi connectivity index (χ2n) is 6.22. The molecule has 23 heavy (non-hydrogen) atoms. The number of nitrogens with zero attached hydrogens (tertiary/aromatic N) is 1. The summed E-state index contributed by atoms with van der Waals surface area (Å²) in [6, 6.07) is 6.58. The summed E-state index contributed by atoms with van der Waals surface area (Å²) in [6.45, 7) is 0. The van der Waals surface area contributed by atoms with Crippen LogP contribution in [-0.2, 0) is 4.79 Å². The maximum Gasteiger partial charge on any atom is 0.241 e. The zero-order valence-corrected chi connectivity index (χ0v) is 13.0. The predicted molar refractivity (Wildman–Crippen MR) is 85.4 cm³/mol. The molecule has 3 rings (SSSR count). The minimum absolute atomic E-state index is 0.0369. The summed E-state index contributed by atoms with van der Waals surface area (Å²) >= 11 is 0. The predicted octanol–water partition coefficient (Wildman–Crippen LogP) is 2.62. The summed E-state index contributed by atoms with van der Waals surface area (Å²) in [7, 11) is 0. The molecule has 1 aromatic rings. The standard InChI is InChI=1S/C18H20N2O3/c19-20(17(22)10-9-12-5-1-2-6-12)15-11-16(21)13-7-3-4-8-14(13)18(15)23/h3-4,7-8,11-12H,1-2,5-6,9-10,19H2. The van der Waals surface area contributed by atoms with Crippen LogP contribution in [0.2, 0.25) is 0 Å². The van der Waals surface area contributed by atoms with Crippen LogP contribution in [0.25, 0.3) is 0 Å². The lowest BCUT2D eigenvalue weighted by Crippen LogP contribution is -2.41. The number of Topliss-reactive ketones (excluding diaryl/α,β-unsaturated/α-hetero) is 1. The van der Waals surface area contributed by atoms with Gasteiger partial charge in [0.1, 0.15) is 5.70 Å². The van der Waals surface area contributed by atoms with E-state index in [-0.39, 0.29) is 23.2 Å². The smallest absolute Gasteiger partial charge is 0.241 e. The molecular weight excluding hydrogens is 292 g/mol. The molecule has 0 heterocycles. The number of fused-ring (bicyclic) bond motifs is 1. The molecule has 0 aliphatic heterocycles. The summed E-state index contributed by atoms with van der Waals surface area (Å²) < 4.78 is 0. The van der Waals surface area contributed by atoms with Gasteiger partial charge in [-0.1, -0.05) is 49.9 Å². The van der Waals surface area contributed by atoms with Crippen molar-refractivity contribution in [2.75, 3.05) is 0 Å². The van der Waals surface area contributed by atoms with Crippen molar-refractivity contribution < 1.29 is 14.4 Å². The van der Waals surface area contributed by atoms with Crippen molar-refractivity contribution in [2.45, 2.75) is 38.5 Å². The molecule has 2 aliphatic carbocycles. The van der Waals surface area contributed by atoms with Gasteiger partial charge in [-0.3, -0.25) is 14.4 Å². The van der Waals surface area contributed by atoms with E-state index < -0.39 is 0 Å². The van der Waals surface area contributed by atoms with Crippen LogP contribution in [0.15, 0.2) is 36.0 Å². The van der Waals surface area contributed by atoms with Gasteiger partial charge in [-0.2, -0.15) is 0 Å². The van der Waals surface area contributed by atoms with Gasteiger partial charge in [0.05, 0.1) is 0 Å². The van der Waals surface area contributed by atoms with E-state index in [4.69, 9.17) is 5.84 Å².